The zero-order valence-corrected chi connectivity index (χ0v) is 17.4. The lowest BCUT2D eigenvalue weighted by atomic mass is 9.81. The number of carbonyl (C=O) groups excluding carboxylic acids is 2. The number of amides is 1. The van der Waals surface area contributed by atoms with Crippen molar-refractivity contribution in [1.29, 1.82) is 0 Å². The Labute approximate surface area is 177 Å². The molecule has 0 atom stereocenters. The number of alkyl halides is 3. The quantitative estimate of drug-likeness (QED) is 0.735. The van der Waals surface area contributed by atoms with Gasteiger partial charge in [-0.3, -0.25) is 14.5 Å². The van der Waals surface area contributed by atoms with Crippen LogP contribution in [0.2, 0.25) is 0 Å². The molecule has 2 aliphatic rings. The molecular weight excluding hydrogens is 411 g/mol. The second kappa shape index (κ2) is 7.40. The second-order valence-corrected chi connectivity index (χ2v) is 8.28. The molecule has 4 rings (SSSR count). The van der Waals surface area contributed by atoms with Crippen molar-refractivity contribution >= 4 is 11.7 Å². The SMILES string of the molecule is Cc1c(O)cccc1C(=O)N1CCC2(CC1)c1ccc(C(=O)C(F)(F)F)n1CCN2C. The van der Waals surface area contributed by atoms with E-state index in [9.17, 15) is 27.9 Å². The Bertz CT molecular complexity index is 1040. The Morgan fingerprint density at radius 3 is 2.35 bits per heavy atom. The molecule has 1 aromatic carbocycles. The molecule has 3 heterocycles. The van der Waals surface area contributed by atoms with Crippen LogP contribution in [0, 0.1) is 6.92 Å². The number of halogens is 3. The van der Waals surface area contributed by atoms with Gasteiger partial charge in [-0.05, 0) is 51.1 Å². The maximum absolute atomic E-state index is 13.0. The van der Waals surface area contributed by atoms with Gasteiger partial charge in [0, 0.05) is 43.0 Å². The number of nitrogens with zero attached hydrogens (tertiary/aromatic N) is 3. The zero-order valence-electron chi connectivity index (χ0n) is 17.4. The van der Waals surface area contributed by atoms with Crippen molar-refractivity contribution in [3.63, 3.8) is 0 Å². The lowest BCUT2D eigenvalue weighted by Crippen LogP contribution is -2.56. The molecule has 2 aromatic rings. The number of benzene rings is 1. The number of piperidine rings is 1. The highest BCUT2D eigenvalue weighted by molar-refractivity contribution is 5.99. The smallest absolute Gasteiger partial charge is 0.456 e. The normalized spacial score (nSPS) is 18.8. The molecule has 1 fully saturated rings. The van der Waals surface area contributed by atoms with Crippen LogP contribution in [0.5, 0.6) is 5.75 Å². The summed E-state index contributed by atoms with van der Waals surface area (Å²) in [5.41, 5.74) is 0.784. The molecule has 1 saturated heterocycles. The van der Waals surface area contributed by atoms with Crippen molar-refractivity contribution in [2.24, 2.45) is 0 Å². The fourth-order valence-corrected chi connectivity index (χ4v) is 4.86. The zero-order chi connectivity index (χ0) is 22.6. The third-order valence-corrected chi connectivity index (χ3v) is 6.75. The third kappa shape index (κ3) is 3.40. The minimum atomic E-state index is -4.92. The fourth-order valence-electron chi connectivity index (χ4n) is 4.86. The summed E-state index contributed by atoms with van der Waals surface area (Å²) in [6.45, 7) is 3.36. The number of ketones is 1. The molecule has 6 nitrogen and oxygen atoms in total. The van der Waals surface area contributed by atoms with Gasteiger partial charge in [0.15, 0.2) is 0 Å². The first-order chi connectivity index (χ1) is 14.6. The number of rotatable bonds is 2. The average Bonchev–Trinajstić information content (AvgIpc) is 3.16. The number of aromatic nitrogens is 1. The summed E-state index contributed by atoms with van der Waals surface area (Å²) < 4.78 is 40.6. The lowest BCUT2D eigenvalue weighted by Gasteiger charge is -2.50. The largest absolute Gasteiger partial charge is 0.508 e. The Kier molecular flexibility index (Phi) is 5.12. The van der Waals surface area contributed by atoms with Crippen molar-refractivity contribution in [3.05, 3.63) is 52.8 Å². The molecule has 0 bridgehead atoms. The van der Waals surface area contributed by atoms with E-state index in [2.05, 4.69) is 4.90 Å². The molecule has 0 radical (unpaired) electrons. The number of hydrogen-bond acceptors (Lipinski definition) is 4. The van der Waals surface area contributed by atoms with Crippen molar-refractivity contribution < 1.29 is 27.9 Å². The number of carbonyl (C=O) groups is 2. The lowest BCUT2D eigenvalue weighted by molar-refractivity contribution is -0.0892. The van der Waals surface area contributed by atoms with Crippen molar-refractivity contribution in [3.8, 4) is 5.75 Å². The van der Waals surface area contributed by atoms with Crippen LogP contribution in [-0.2, 0) is 12.1 Å². The molecule has 0 unspecified atom stereocenters. The number of fused-ring (bicyclic) bond motifs is 2. The molecular formula is C22H24F3N3O3. The third-order valence-electron chi connectivity index (χ3n) is 6.75. The van der Waals surface area contributed by atoms with E-state index >= 15 is 0 Å². The predicted octanol–water partition coefficient (Wildman–Crippen LogP) is 3.32. The van der Waals surface area contributed by atoms with E-state index in [0.717, 1.165) is 0 Å². The van der Waals surface area contributed by atoms with Crippen LogP contribution in [0.15, 0.2) is 30.3 Å². The molecule has 0 aliphatic carbocycles. The second-order valence-electron chi connectivity index (χ2n) is 8.28. The Morgan fingerprint density at radius 1 is 1.03 bits per heavy atom. The minimum Gasteiger partial charge on any atom is -0.508 e. The van der Waals surface area contributed by atoms with Gasteiger partial charge in [0.2, 0.25) is 0 Å². The van der Waals surface area contributed by atoms with Crippen molar-refractivity contribution in [1.82, 2.24) is 14.4 Å². The number of likely N-dealkylation sites (N-methyl/N-ethyl adjacent to an activating group) is 1. The molecule has 9 heteroatoms. The maximum Gasteiger partial charge on any atom is 0.456 e. The van der Waals surface area contributed by atoms with E-state index in [1.54, 1.807) is 30.0 Å². The monoisotopic (exact) mass is 435 g/mol. The van der Waals surface area contributed by atoms with Crippen LogP contribution in [0.4, 0.5) is 13.2 Å². The number of phenolic OH excluding ortho intramolecular Hbond substituents is 1. The van der Waals surface area contributed by atoms with Gasteiger partial charge in [-0.1, -0.05) is 6.07 Å². The van der Waals surface area contributed by atoms with Gasteiger partial charge < -0.3 is 14.6 Å². The van der Waals surface area contributed by atoms with Crippen LogP contribution >= 0.6 is 0 Å². The first-order valence-electron chi connectivity index (χ1n) is 10.2. The topological polar surface area (TPSA) is 65.8 Å². The first kappa shape index (κ1) is 21.4. The minimum absolute atomic E-state index is 0.0611. The maximum atomic E-state index is 13.0. The van der Waals surface area contributed by atoms with Crippen molar-refractivity contribution in [2.75, 3.05) is 26.7 Å². The molecule has 1 amide bonds. The molecule has 2 aliphatic heterocycles. The first-order valence-corrected chi connectivity index (χ1v) is 10.2. The number of aromatic hydroxyl groups is 1. The van der Waals surface area contributed by atoms with Gasteiger partial charge in [0.1, 0.15) is 5.75 Å². The Morgan fingerprint density at radius 2 is 1.71 bits per heavy atom. The standard InChI is InChI=1S/C22H24F3N3O3/c1-14-15(4-3-5-17(14)29)20(31)27-10-8-21(9-11-27)18-7-6-16(19(30)22(23,24)25)28(18)13-12-26(21)2/h3-7,29H,8-13H2,1-2H3. The molecule has 1 N–H and O–H groups in total. The van der Waals surface area contributed by atoms with Gasteiger partial charge >= 0.3 is 6.18 Å². The highest BCUT2D eigenvalue weighted by Crippen LogP contribution is 2.42. The molecule has 1 aromatic heterocycles. The van der Waals surface area contributed by atoms with E-state index < -0.39 is 17.5 Å². The fraction of sp³-hybridized carbons (Fsp3) is 0.455. The summed E-state index contributed by atoms with van der Waals surface area (Å²) in [6.07, 6.45) is -3.84. The Balaban J connectivity index is 1.60. The summed E-state index contributed by atoms with van der Waals surface area (Å²) in [5.74, 6) is -1.94. The summed E-state index contributed by atoms with van der Waals surface area (Å²) in [4.78, 5) is 28.7. The van der Waals surface area contributed by atoms with Gasteiger partial charge in [0.25, 0.3) is 11.7 Å². The molecule has 1 spiro atoms. The highest BCUT2D eigenvalue weighted by atomic mass is 19.4. The average molecular weight is 435 g/mol. The van der Waals surface area contributed by atoms with E-state index in [-0.39, 0.29) is 17.4 Å². The van der Waals surface area contributed by atoms with E-state index in [1.165, 1.54) is 16.7 Å². The van der Waals surface area contributed by atoms with Gasteiger partial charge in [-0.15, -0.1) is 0 Å². The van der Waals surface area contributed by atoms with Crippen molar-refractivity contribution in [2.45, 2.75) is 38.0 Å². The number of phenols is 1. The van der Waals surface area contributed by atoms with Gasteiger partial charge in [0.05, 0.1) is 11.2 Å². The van der Waals surface area contributed by atoms with Gasteiger partial charge in [-0.25, -0.2) is 0 Å². The summed E-state index contributed by atoms with van der Waals surface area (Å²) >= 11 is 0. The number of Topliss-reactive ketones (excluding diaryl/α,β-unsaturated/α-hetero) is 1. The van der Waals surface area contributed by atoms with E-state index in [0.29, 0.717) is 55.8 Å². The van der Waals surface area contributed by atoms with Crippen LogP contribution in [-0.4, -0.2) is 64.0 Å². The van der Waals surface area contributed by atoms with Crippen LogP contribution in [0.3, 0.4) is 0 Å². The van der Waals surface area contributed by atoms with E-state index in [4.69, 9.17) is 0 Å². The van der Waals surface area contributed by atoms with Crippen LogP contribution < -0.4 is 0 Å². The predicted molar refractivity (Wildman–Crippen MR) is 107 cm³/mol. The van der Waals surface area contributed by atoms with Crippen LogP contribution in [0.25, 0.3) is 0 Å². The Hall–Kier alpha value is -2.81. The number of likely N-dealkylation sites (tertiary alicyclic amines) is 1. The molecule has 166 valence electrons. The summed E-state index contributed by atoms with van der Waals surface area (Å²) in [7, 11) is 1.93. The highest BCUT2D eigenvalue weighted by Gasteiger charge is 2.47. The van der Waals surface area contributed by atoms with E-state index in [1.807, 2.05) is 7.05 Å². The van der Waals surface area contributed by atoms with Crippen LogP contribution in [0.1, 0.15) is 44.9 Å². The molecule has 31 heavy (non-hydrogen) atoms. The summed E-state index contributed by atoms with van der Waals surface area (Å²) in [5, 5.41) is 9.91. The van der Waals surface area contributed by atoms with Gasteiger partial charge in [-0.2, -0.15) is 13.2 Å². The summed E-state index contributed by atoms with van der Waals surface area (Å²) in [6, 6.07) is 7.71. The number of hydrogen-bond donors (Lipinski definition) is 1. The molecule has 0 saturated carbocycles.